The van der Waals surface area contributed by atoms with Gasteiger partial charge in [0.25, 0.3) is 0 Å². The standard InChI is InChI=1S/C9H11ClN2O/c1-2-7(11)8-4-3-6(10)9(5-13)12-8/h2-4,7,13H,1,5,11H2/t7-/m1/s1. The second kappa shape index (κ2) is 4.37. The first-order chi connectivity index (χ1) is 6.19. The van der Waals surface area contributed by atoms with Gasteiger partial charge in [-0.3, -0.25) is 4.98 Å². The third-order valence-electron chi connectivity index (χ3n) is 1.69. The van der Waals surface area contributed by atoms with Crippen molar-refractivity contribution in [1.82, 2.24) is 4.98 Å². The van der Waals surface area contributed by atoms with Crippen molar-refractivity contribution in [3.63, 3.8) is 0 Å². The van der Waals surface area contributed by atoms with Crippen LogP contribution >= 0.6 is 11.6 Å². The van der Waals surface area contributed by atoms with Crippen LogP contribution < -0.4 is 5.73 Å². The largest absolute Gasteiger partial charge is 0.390 e. The molecule has 4 heteroatoms. The quantitative estimate of drug-likeness (QED) is 0.723. The molecule has 1 aromatic rings. The molecule has 0 aliphatic carbocycles. The van der Waals surface area contributed by atoms with Gasteiger partial charge in [-0.25, -0.2) is 0 Å². The number of nitrogens with zero attached hydrogens (tertiary/aromatic N) is 1. The Balaban J connectivity index is 3.05. The molecule has 0 bridgehead atoms. The van der Waals surface area contributed by atoms with Gasteiger partial charge in [0.1, 0.15) is 0 Å². The minimum atomic E-state index is -0.317. The Bertz CT molecular complexity index is 314. The molecule has 1 heterocycles. The molecule has 1 aromatic heterocycles. The lowest BCUT2D eigenvalue weighted by molar-refractivity contribution is 0.276. The molecule has 0 aromatic carbocycles. The molecule has 0 aliphatic heterocycles. The van der Waals surface area contributed by atoms with Gasteiger partial charge < -0.3 is 10.8 Å². The van der Waals surface area contributed by atoms with Crippen LogP contribution in [0.1, 0.15) is 17.4 Å². The van der Waals surface area contributed by atoms with Crippen LogP contribution in [-0.4, -0.2) is 10.1 Å². The Hall–Kier alpha value is -0.900. The van der Waals surface area contributed by atoms with Crippen molar-refractivity contribution in [3.05, 3.63) is 41.2 Å². The van der Waals surface area contributed by atoms with E-state index in [0.717, 1.165) is 0 Å². The SMILES string of the molecule is C=C[C@@H](N)c1ccc(Cl)c(CO)n1. The number of aliphatic hydroxyl groups is 1. The Kier molecular flexibility index (Phi) is 3.42. The molecular weight excluding hydrogens is 188 g/mol. The molecule has 0 fully saturated rings. The maximum Gasteiger partial charge on any atom is 0.0868 e. The predicted molar refractivity (Wildman–Crippen MR) is 52.3 cm³/mol. The fraction of sp³-hybridized carbons (Fsp3) is 0.222. The lowest BCUT2D eigenvalue weighted by Gasteiger charge is -2.07. The van der Waals surface area contributed by atoms with E-state index in [-0.39, 0.29) is 12.6 Å². The summed E-state index contributed by atoms with van der Waals surface area (Å²) in [6, 6.07) is 3.06. The van der Waals surface area contributed by atoms with E-state index in [1.54, 1.807) is 18.2 Å². The summed E-state index contributed by atoms with van der Waals surface area (Å²) in [5.74, 6) is 0. The molecule has 3 N–H and O–H groups in total. The molecule has 3 nitrogen and oxygen atoms in total. The first-order valence-corrected chi connectivity index (χ1v) is 4.21. The summed E-state index contributed by atoms with van der Waals surface area (Å²) in [4.78, 5) is 4.08. The van der Waals surface area contributed by atoms with Crippen LogP contribution in [0.5, 0.6) is 0 Å². The number of nitrogens with two attached hydrogens (primary N) is 1. The highest BCUT2D eigenvalue weighted by Gasteiger charge is 2.06. The summed E-state index contributed by atoms with van der Waals surface area (Å²) in [5.41, 5.74) is 6.76. The monoisotopic (exact) mass is 198 g/mol. The van der Waals surface area contributed by atoms with Crippen LogP contribution in [0.3, 0.4) is 0 Å². The van der Waals surface area contributed by atoms with Crippen molar-refractivity contribution in [2.24, 2.45) is 5.73 Å². The number of halogens is 1. The number of aliphatic hydroxyl groups excluding tert-OH is 1. The molecule has 70 valence electrons. The summed E-state index contributed by atoms with van der Waals surface area (Å²) in [7, 11) is 0. The van der Waals surface area contributed by atoms with E-state index in [1.165, 1.54) is 0 Å². The van der Waals surface area contributed by atoms with Gasteiger partial charge in [-0.2, -0.15) is 0 Å². The molecule has 0 aliphatic rings. The van der Waals surface area contributed by atoms with E-state index >= 15 is 0 Å². The highest BCUT2D eigenvalue weighted by Crippen LogP contribution is 2.17. The smallest absolute Gasteiger partial charge is 0.0868 e. The summed E-state index contributed by atoms with van der Waals surface area (Å²) in [6.07, 6.45) is 1.58. The van der Waals surface area contributed by atoms with Crippen molar-refractivity contribution < 1.29 is 5.11 Å². The number of hydrogen-bond acceptors (Lipinski definition) is 3. The predicted octanol–water partition coefficient (Wildman–Crippen LogP) is 1.41. The van der Waals surface area contributed by atoms with E-state index < -0.39 is 0 Å². The average Bonchev–Trinajstić information content (AvgIpc) is 2.17. The van der Waals surface area contributed by atoms with Gasteiger partial charge in [-0.1, -0.05) is 17.7 Å². The summed E-state index contributed by atoms with van der Waals surface area (Å²) >= 11 is 5.76. The molecule has 0 radical (unpaired) electrons. The third kappa shape index (κ3) is 2.28. The summed E-state index contributed by atoms with van der Waals surface area (Å²) in [6.45, 7) is 3.37. The van der Waals surface area contributed by atoms with Crippen molar-refractivity contribution >= 4 is 11.6 Å². The Morgan fingerprint density at radius 2 is 2.38 bits per heavy atom. The van der Waals surface area contributed by atoms with Crippen molar-refractivity contribution in [3.8, 4) is 0 Å². The fourth-order valence-electron chi connectivity index (χ4n) is 0.919. The van der Waals surface area contributed by atoms with Crippen molar-refractivity contribution in [1.29, 1.82) is 0 Å². The van der Waals surface area contributed by atoms with Crippen LogP contribution in [0.4, 0.5) is 0 Å². The number of pyridine rings is 1. The van der Waals surface area contributed by atoms with Crippen LogP contribution in [0.15, 0.2) is 24.8 Å². The van der Waals surface area contributed by atoms with Gasteiger partial charge in [-0.05, 0) is 12.1 Å². The van der Waals surface area contributed by atoms with Gasteiger partial charge >= 0.3 is 0 Å². The zero-order chi connectivity index (χ0) is 9.84. The van der Waals surface area contributed by atoms with E-state index in [0.29, 0.717) is 16.4 Å². The first-order valence-electron chi connectivity index (χ1n) is 3.83. The van der Waals surface area contributed by atoms with E-state index in [2.05, 4.69) is 11.6 Å². The molecular formula is C9H11ClN2O. The normalized spacial score (nSPS) is 12.5. The van der Waals surface area contributed by atoms with E-state index in [1.807, 2.05) is 0 Å². The minimum Gasteiger partial charge on any atom is -0.390 e. The molecule has 0 saturated carbocycles. The summed E-state index contributed by atoms with van der Waals surface area (Å²) in [5, 5.41) is 9.33. The Morgan fingerprint density at radius 3 is 2.92 bits per heavy atom. The van der Waals surface area contributed by atoms with E-state index in [4.69, 9.17) is 22.4 Å². The minimum absolute atomic E-state index is 0.184. The summed E-state index contributed by atoms with van der Waals surface area (Å²) < 4.78 is 0. The van der Waals surface area contributed by atoms with Crippen molar-refractivity contribution in [2.75, 3.05) is 0 Å². The number of rotatable bonds is 3. The zero-order valence-corrected chi connectivity index (χ0v) is 7.83. The van der Waals surface area contributed by atoms with Gasteiger partial charge in [-0.15, -0.1) is 6.58 Å². The molecule has 1 rings (SSSR count). The Labute approximate surface area is 81.9 Å². The number of hydrogen-bond donors (Lipinski definition) is 2. The van der Waals surface area contributed by atoms with Crippen molar-refractivity contribution in [2.45, 2.75) is 12.6 Å². The fourth-order valence-corrected chi connectivity index (χ4v) is 1.08. The molecule has 0 amide bonds. The number of aromatic nitrogens is 1. The van der Waals surface area contributed by atoms with E-state index in [9.17, 15) is 0 Å². The van der Waals surface area contributed by atoms with Crippen LogP contribution in [-0.2, 0) is 6.61 Å². The molecule has 0 saturated heterocycles. The van der Waals surface area contributed by atoms with Gasteiger partial charge in [0.2, 0.25) is 0 Å². The first kappa shape index (κ1) is 10.2. The second-order valence-electron chi connectivity index (χ2n) is 2.58. The second-order valence-corrected chi connectivity index (χ2v) is 2.99. The molecule has 1 atom stereocenters. The van der Waals surface area contributed by atoms with Crippen LogP contribution in [0, 0.1) is 0 Å². The maximum atomic E-state index is 8.88. The third-order valence-corrected chi connectivity index (χ3v) is 2.03. The zero-order valence-electron chi connectivity index (χ0n) is 7.07. The van der Waals surface area contributed by atoms with Gasteiger partial charge in [0.15, 0.2) is 0 Å². The topological polar surface area (TPSA) is 59.1 Å². The molecule has 13 heavy (non-hydrogen) atoms. The van der Waals surface area contributed by atoms with Gasteiger partial charge in [0.05, 0.1) is 29.1 Å². The maximum absolute atomic E-state index is 8.88. The lowest BCUT2D eigenvalue weighted by Crippen LogP contribution is -2.09. The lowest BCUT2D eigenvalue weighted by atomic mass is 10.2. The van der Waals surface area contributed by atoms with Crippen LogP contribution in [0.2, 0.25) is 5.02 Å². The highest BCUT2D eigenvalue weighted by molar-refractivity contribution is 6.31. The van der Waals surface area contributed by atoms with Gasteiger partial charge in [0, 0.05) is 0 Å². The van der Waals surface area contributed by atoms with Crippen LogP contribution in [0.25, 0.3) is 0 Å². The highest BCUT2D eigenvalue weighted by atomic mass is 35.5. The molecule has 0 spiro atoms. The Morgan fingerprint density at radius 1 is 1.69 bits per heavy atom. The average molecular weight is 199 g/mol. The molecule has 0 unspecified atom stereocenters.